The smallest absolute Gasteiger partial charge is 0.295 e. The van der Waals surface area contributed by atoms with Gasteiger partial charge < -0.3 is 24.4 Å². The third-order valence-corrected chi connectivity index (χ3v) is 5.25. The van der Waals surface area contributed by atoms with Crippen molar-refractivity contribution in [2.24, 2.45) is 0 Å². The fraction of sp³-hybridized carbons (Fsp3) is 0.348. The molecule has 1 unspecified atom stereocenters. The van der Waals surface area contributed by atoms with Gasteiger partial charge in [0.1, 0.15) is 0 Å². The Morgan fingerprint density at radius 3 is 2.52 bits per heavy atom. The Morgan fingerprint density at radius 2 is 1.90 bits per heavy atom. The van der Waals surface area contributed by atoms with E-state index in [9.17, 15) is 14.7 Å². The summed E-state index contributed by atoms with van der Waals surface area (Å²) in [7, 11) is 7.01. The minimum atomic E-state index is -0.772. The van der Waals surface area contributed by atoms with Crippen LogP contribution in [0.5, 0.6) is 11.5 Å². The van der Waals surface area contributed by atoms with Gasteiger partial charge in [-0.1, -0.05) is 17.9 Å². The molecule has 164 valence electrons. The maximum absolute atomic E-state index is 13.4. The van der Waals surface area contributed by atoms with E-state index in [1.54, 1.807) is 36.7 Å². The fourth-order valence-electron chi connectivity index (χ4n) is 3.72. The van der Waals surface area contributed by atoms with Gasteiger partial charge >= 0.3 is 0 Å². The van der Waals surface area contributed by atoms with E-state index in [-0.39, 0.29) is 11.1 Å². The van der Waals surface area contributed by atoms with Crippen molar-refractivity contribution < 1.29 is 29.1 Å². The monoisotopic (exact) mass is 425 g/mol. The quantitative estimate of drug-likeness (QED) is 0.359. The van der Waals surface area contributed by atoms with Gasteiger partial charge in [0.25, 0.3) is 5.91 Å². The van der Waals surface area contributed by atoms with Gasteiger partial charge in [-0.25, -0.2) is 0 Å². The second kappa shape index (κ2) is 9.61. The number of Topliss-reactive ketones (excluding diaryl/α,β-unsaturated/α-hetero) is 1. The van der Waals surface area contributed by atoms with E-state index in [0.29, 0.717) is 30.0 Å². The van der Waals surface area contributed by atoms with Gasteiger partial charge in [-0.3, -0.25) is 14.6 Å². The number of ketones is 1. The number of aromatic nitrogens is 1. The van der Waals surface area contributed by atoms with Gasteiger partial charge in [-0.15, -0.1) is 0 Å². The second-order valence-corrected chi connectivity index (χ2v) is 7.64. The Labute approximate surface area is 181 Å². The maximum atomic E-state index is 13.4. The highest BCUT2D eigenvalue weighted by atomic mass is 16.5. The number of benzene rings is 1. The van der Waals surface area contributed by atoms with E-state index >= 15 is 0 Å². The summed E-state index contributed by atoms with van der Waals surface area (Å²) in [4.78, 5) is 32.7. The van der Waals surface area contributed by atoms with Crippen molar-refractivity contribution in [1.82, 2.24) is 9.88 Å². The number of rotatable bonds is 8. The molecule has 31 heavy (non-hydrogen) atoms. The molecule has 1 saturated heterocycles. The molecule has 1 amide bonds. The highest BCUT2D eigenvalue weighted by molar-refractivity contribution is 6.46. The molecule has 8 nitrogen and oxygen atoms in total. The van der Waals surface area contributed by atoms with Gasteiger partial charge in [-0.2, -0.15) is 0 Å². The first-order valence-electron chi connectivity index (χ1n) is 10.1. The number of pyridine rings is 1. The van der Waals surface area contributed by atoms with Crippen LogP contribution >= 0.6 is 0 Å². The van der Waals surface area contributed by atoms with Crippen LogP contribution in [0.1, 0.15) is 23.6 Å². The minimum Gasteiger partial charge on any atom is -0.872 e. The fourth-order valence-corrected chi connectivity index (χ4v) is 3.72. The van der Waals surface area contributed by atoms with Crippen LogP contribution in [0.3, 0.4) is 0 Å². The number of methoxy groups -OCH3 is 2. The van der Waals surface area contributed by atoms with E-state index in [0.717, 1.165) is 6.54 Å². The van der Waals surface area contributed by atoms with E-state index in [1.165, 1.54) is 30.1 Å². The predicted octanol–water partition coefficient (Wildman–Crippen LogP) is -0.143. The van der Waals surface area contributed by atoms with Gasteiger partial charge in [0, 0.05) is 30.9 Å². The average molecular weight is 425 g/mol. The van der Waals surface area contributed by atoms with Gasteiger partial charge in [0.15, 0.2) is 11.5 Å². The Bertz CT molecular complexity index is 988. The first-order chi connectivity index (χ1) is 14.9. The summed E-state index contributed by atoms with van der Waals surface area (Å²) in [5, 5.41) is 13.4. The lowest BCUT2D eigenvalue weighted by atomic mass is 9.96. The molecule has 1 aliphatic rings. The van der Waals surface area contributed by atoms with Gasteiger partial charge in [0.05, 0.1) is 40.9 Å². The number of ether oxygens (including phenoxy) is 2. The number of carbonyl (C=O) groups excluding carboxylic acids is 2. The average Bonchev–Trinajstić information content (AvgIpc) is 3.03. The van der Waals surface area contributed by atoms with Crippen molar-refractivity contribution in [1.29, 1.82) is 0 Å². The summed E-state index contributed by atoms with van der Waals surface area (Å²) in [5.41, 5.74) is 0.812. The summed E-state index contributed by atoms with van der Waals surface area (Å²) in [5.74, 6) is -1.10. The molecule has 1 aliphatic heterocycles. The molecular formula is C23H27N3O5. The zero-order valence-electron chi connectivity index (χ0n) is 18.2. The molecule has 2 heterocycles. The summed E-state index contributed by atoms with van der Waals surface area (Å²) < 4.78 is 10.5. The molecule has 1 fully saturated rings. The van der Waals surface area contributed by atoms with Crippen LogP contribution in [0.2, 0.25) is 0 Å². The topological polar surface area (TPSA) is 96.2 Å². The SMILES string of the molecule is COc1ccc(C([O-])=C2C(=O)C(=O)N(CCC[NH+](C)C)C2c2cccnc2)cc1OC. The molecule has 8 heteroatoms. The number of nitrogens with zero attached hydrogens (tertiary/aromatic N) is 2. The van der Waals surface area contributed by atoms with Crippen molar-refractivity contribution in [3.05, 3.63) is 59.4 Å². The highest BCUT2D eigenvalue weighted by Crippen LogP contribution is 2.39. The standard InChI is InChI=1S/C23H27N3O5/c1-25(2)11-6-12-26-20(16-7-5-10-24-14-16)19(22(28)23(26)29)21(27)15-8-9-17(30-3)18(13-15)31-4/h5,7-10,13-14,20,27H,6,11-12H2,1-4H3. The predicted molar refractivity (Wildman–Crippen MR) is 112 cm³/mol. The van der Waals surface area contributed by atoms with E-state index in [1.807, 2.05) is 14.1 Å². The van der Waals surface area contributed by atoms with Crippen LogP contribution < -0.4 is 19.5 Å². The third-order valence-electron chi connectivity index (χ3n) is 5.25. The summed E-state index contributed by atoms with van der Waals surface area (Å²) in [6.45, 7) is 1.20. The largest absolute Gasteiger partial charge is 0.872 e. The summed E-state index contributed by atoms with van der Waals surface area (Å²) in [6, 6.07) is 7.41. The van der Waals surface area contributed by atoms with Crippen LogP contribution in [0.15, 0.2) is 48.3 Å². The van der Waals surface area contributed by atoms with Crippen molar-refractivity contribution in [2.75, 3.05) is 41.4 Å². The molecule has 1 aromatic heterocycles. The number of carbonyl (C=O) groups is 2. The number of hydrogen-bond acceptors (Lipinski definition) is 6. The third kappa shape index (κ3) is 4.54. The lowest BCUT2D eigenvalue weighted by molar-refractivity contribution is -0.858. The van der Waals surface area contributed by atoms with Crippen molar-refractivity contribution in [2.45, 2.75) is 12.5 Å². The molecule has 1 atom stereocenters. The highest BCUT2D eigenvalue weighted by Gasteiger charge is 2.44. The zero-order chi connectivity index (χ0) is 22.5. The minimum absolute atomic E-state index is 0.0672. The van der Waals surface area contributed by atoms with E-state index in [2.05, 4.69) is 4.98 Å². The maximum Gasteiger partial charge on any atom is 0.295 e. The number of quaternary nitrogens is 1. The number of likely N-dealkylation sites (tertiary alicyclic amines) is 1. The first-order valence-corrected chi connectivity index (χ1v) is 10.1. The first kappa shape index (κ1) is 22.3. The second-order valence-electron chi connectivity index (χ2n) is 7.64. The molecule has 0 saturated carbocycles. The molecular weight excluding hydrogens is 398 g/mol. The number of nitrogens with one attached hydrogen (secondary N) is 1. The van der Waals surface area contributed by atoms with Crippen LogP contribution in [0.25, 0.3) is 5.76 Å². The van der Waals surface area contributed by atoms with E-state index < -0.39 is 23.5 Å². The molecule has 0 bridgehead atoms. The Kier molecular flexibility index (Phi) is 6.91. The Morgan fingerprint density at radius 1 is 1.16 bits per heavy atom. The van der Waals surface area contributed by atoms with Crippen molar-refractivity contribution >= 4 is 17.4 Å². The molecule has 0 radical (unpaired) electrons. The van der Waals surface area contributed by atoms with Gasteiger partial charge in [0.2, 0.25) is 5.78 Å². The van der Waals surface area contributed by atoms with E-state index in [4.69, 9.17) is 9.47 Å². The molecule has 1 N–H and O–H groups in total. The number of hydrogen-bond donors (Lipinski definition) is 1. The van der Waals surface area contributed by atoms with Crippen molar-refractivity contribution in [3.8, 4) is 11.5 Å². The molecule has 2 aromatic rings. The summed E-state index contributed by atoms with van der Waals surface area (Å²) in [6.07, 6.45) is 3.90. The molecule has 1 aromatic carbocycles. The molecule has 0 aliphatic carbocycles. The number of amides is 1. The summed E-state index contributed by atoms with van der Waals surface area (Å²) >= 11 is 0. The zero-order valence-corrected chi connectivity index (χ0v) is 18.2. The Hall–Kier alpha value is -3.39. The normalized spacial score (nSPS) is 18.0. The molecule has 3 rings (SSSR count). The van der Waals surface area contributed by atoms with Gasteiger partial charge in [-0.05, 0) is 29.3 Å². The van der Waals surface area contributed by atoms with Crippen molar-refractivity contribution in [3.63, 3.8) is 0 Å². The molecule has 0 spiro atoms. The van der Waals surface area contributed by atoms with Crippen LogP contribution in [0.4, 0.5) is 0 Å². The Balaban J connectivity index is 2.09. The van der Waals surface area contributed by atoms with Crippen LogP contribution in [-0.4, -0.2) is 63.0 Å². The van der Waals surface area contributed by atoms with Crippen LogP contribution in [-0.2, 0) is 9.59 Å². The van der Waals surface area contributed by atoms with Crippen LogP contribution in [0, 0.1) is 0 Å². The lowest BCUT2D eigenvalue weighted by Gasteiger charge is -2.27. The lowest BCUT2D eigenvalue weighted by Crippen LogP contribution is -3.05.